The molecule has 2 aromatic rings. The van der Waals surface area contributed by atoms with Crippen molar-refractivity contribution in [3.05, 3.63) is 63.6 Å². The first kappa shape index (κ1) is 14.3. The zero-order chi connectivity index (χ0) is 13.8. The molecule has 98 valence electrons. The van der Waals surface area contributed by atoms with Gasteiger partial charge in [-0.1, -0.05) is 44.0 Å². The third kappa shape index (κ3) is 3.91. The van der Waals surface area contributed by atoms with E-state index in [4.69, 9.17) is 0 Å². The summed E-state index contributed by atoms with van der Waals surface area (Å²) in [6.45, 7) is 1.96. The minimum atomic E-state index is -0.101. The van der Waals surface area contributed by atoms with E-state index in [0.29, 0.717) is 5.56 Å². The van der Waals surface area contributed by atoms with Gasteiger partial charge in [-0.15, -0.1) is 0 Å². The third-order valence-corrected chi connectivity index (χ3v) is 3.78. The summed E-state index contributed by atoms with van der Waals surface area (Å²) in [5, 5.41) is 3.70. The van der Waals surface area contributed by atoms with Crippen LogP contribution in [0.5, 0.6) is 0 Å². The first-order valence-corrected chi connectivity index (χ1v) is 7.73. The number of halogens is 2. The number of carbonyl (C=O) groups is 1. The van der Waals surface area contributed by atoms with Crippen LogP contribution >= 0.6 is 31.9 Å². The van der Waals surface area contributed by atoms with E-state index in [9.17, 15) is 4.79 Å². The molecule has 0 saturated heterocycles. The lowest BCUT2D eigenvalue weighted by Crippen LogP contribution is -2.12. The molecule has 0 fully saturated rings. The van der Waals surface area contributed by atoms with Gasteiger partial charge in [-0.3, -0.25) is 4.79 Å². The normalized spacial score (nSPS) is 10.3. The second-order valence-electron chi connectivity index (χ2n) is 4.30. The number of carbonyl (C=O) groups excluding carboxylic acids is 1. The minimum Gasteiger partial charge on any atom is -0.322 e. The average Bonchev–Trinajstić information content (AvgIpc) is 2.38. The molecule has 0 atom stereocenters. The topological polar surface area (TPSA) is 29.1 Å². The second kappa shape index (κ2) is 6.35. The van der Waals surface area contributed by atoms with Crippen molar-refractivity contribution < 1.29 is 4.79 Å². The largest absolute Gasteiger partial charge is 0.322 e. The third-order valence-electron chi connectivity index (χ3n) is 2.67. The molecule has 1 amide bonds. The second-order valence-corrected chi connectivity index (χ2v) is 5.78. The Morgan fingerprint density at radius 2 is 1.84 bits per heavy atom. The van der Waals surface area contributed by atoms with E-state index in [1.807, 2.05) is 49.4 Å². The summed E-state index contributed by atoms with van der Waals surface area (Å²) in [4.78, 5) is 12.1. The fourth-order valence-corrected chi connectivity index (χ4v) is 2.73. The number of anilines is 1. The summed E-state index contributed by atoms with van der Waals surface area (Å²) < 4.78 is 0.910. The fourth-order valence-electron chi connectivity index (χ4n) is 1.75. The Bertz CT molecular complexity index is 573. The van der Waals surface area contributed by atoms with E-state index in [2.05, 4.69) is 37.2 Å². The van der Waals surface area contributed by atoms with Gasteiger partial charge < -0.3 is 5.32 Å². The Morgan fingerprint density at radius 3 is 2.42 bits per heavy atom. The van der Waals surface area contributed by atoms with E-state index in [1.54, 1.807) is 0 Å². The van der Waals surface area contributed by atoms with Crippen LogP contribution in [-0.4, -0.2) is 5.91 Å². The number of amides is 1. The van der Waals surface area contributed by atoms with E-state index >= 15 is 0 Å². The van der Waals surface area contributed by atoms with Crippen molar-refractivity contribution in [3.8, 4) is 0 Å². The molecule has 0 unspecified atom stereocenters. The summed E-state index contributed by atoms with van der Waals surface area (Å²) in [5.74, 6) is -0.101. The smallest absolute Gasteiger partial charge is 0.255 e. The number of aryl methyl sites for hydroxylation is 1. The highest BCUT2D eigenvalue weighted by molar-refractivity contribution is 9.10. The zero-order valence-corrected chi connectivity index (χ0v) is 13.6. The van der Waals surface area contributed by atoms with Crippen molar-refractivity contribution in [3.63, 3.8) is 0 Å². The lowest BCUT2D eigenvalue weighted by Gasteiger charge is -2.07. The van der Waals surface area contributed by atoms with E-state index in [1.165, 1.54) is 5.56 Å². The number of benzene rings is 2. The molecule has 2 nitrogen and oxygen atoms in total. The van der Waals surface area contributed by atoms with E-state index in [0.717, 1.165) is 21.1 Å². The first-order chi connectivity index (χ1) is 9.08. The number of rotatable bonds is 3. The number of alkyl halides is 1. The lowest BCUT2D eigenvalue weighted by atomic mass is 10.1. The summed E-state index contributed by atoms with van der Waals surface area (Å²) in [5.41, 5.74) is 3.68. The van der Waals surface area contributed by atoms with Crippen molar-refractivity contribution >= 4 is 43.5 Å². The molecule has 0 aliphatic carbocycles. The van der Waals surface area contributed by atoms with Crippen LogP contribution in [0.15, 0.2) is 46.9 Å². The van der Waals surface area contributed by atoms with Crippen molar-refractivity contribution in [1.82, 2.24) is 0 Å². The van der Waals surface area contributed by atoms with Gasteiger partial charge in [0.25, 0.3) is 5.91 Å². The van der Waals surface area contributed by atoms with E-state index in [-0.39, 0.29) is 5.91 Å². The van der Waals surface area contributed by atoms with Crippen molar-refractivity contribution in [2.45, 2.75) is 12.3 Å². The Hall–Kier alpha value is -1.13. The predicted molar refractivity (Wildman–Crippen MR) is 85.9 cm³/mol. The maximum atomic E-state index is 12.1. The SMILES string of the molecule is Cc1cc(Br)cc(C(=O)Nc2ccc(CBr)cc2)c1. The molecule has 0 radical (unpaired) electrons. The van der Waals surface area contributed by atoms with Gasteiger partial charge in [-0.25, -0.2) is 0 Å². The minimum absolute atomic E-state index is 0.101. The summed E-state index contributed by atoms with van der Waals surface area (Å²) in [6.07, 6.45) is 0. The van der Waals surface area contributed by atoms with Crippen LogP contribution in [-0.2, 0) is 5.33 Å². The molecule has 1 N–H and O–H groups in total. The van der Waals surface area contributed by atoms with Crippen LogP contribution in [0.2, 0.25) is 0 Å². The molecule has 0 heterocycles. The van der Waals surface area contributed by atoms with Crippen LogP contribution in [0.4, 0.5) is 5.69 Å². The monoisotopic (exact) mass is 381 g/mol. The van der Waals surface area contributed by atoms with E-state index < -0.39 is 0 Å². The highest BCUT2D eigenvalue weighted by atomic mass is 79.9. The molecule has 0 saturated carbocycles. The van der Waals surface area contributed by atoms with Crippen LogP contribution in [0.3, 0.4) is 0 Å². The zero-order valence-electron chi connectivity index (χ0n) is 10.4. The summed E-state index contributed by atoms with van der Waals surface area (Å²) in [7, 11) is 0. The average molecular weight is 383 g/mol. The Morgan fingerprint density at radius 1 is 1.16 bits per heavy atom. The Labute approximate surface area is 129 Å². The molecular formula is C15H13Br2NO. The van der Waals surface area contributed by atoms with Gasteiger partial charge in [0, 0.05) is 21.1 Å². The number of hydrogen-bond acceptors (Lipinski definition) is 1. The maximum Gasteiger partial charge on any atom is 0.255 e. The quantitative estimate of drug-likeness (QED) is 0.751. The molecular weight excluding hydrogens is 370 g/mol. The molecule has 2 rings (SSSR count). The van der Waals surface area contributed by atoms with Crippen molar-refractivity contribution in [2.75, 3.05) is 5.32 Å². The van der Waals surface area contributed by atoms with Gasteiger partial charge in [0.1, 0.15) is 0 Å². The molecule has 0 bridgehead atoms. The van der Waals surface area contributed by atoms with Crippen molar-refractivity contribution in [1.29, 1.82) is 0 Å². The number of nitrogens with one attached hydrogen (secondary N) is 1. The van der Waals surface area contributed by atoms with Crippen LogP contribution in [0, 0.1) is 6.92 Å². The number of hydrogen-bond donors (Lipinski definition) is 1. The molecule has 4 heteroatoms. The van der Waals surface area contributed by atoms with Crippen LogP contribution in [0.25, 0.3) is 0 Å². The van der Waals surface area contributed by atoms with Crippen LogP contribution < -0.4 is 5.32 Å². The summed E-state index contributed by atoms with van der Waals surface area (Å²) >= 11 is 6.79. The summed E-state index contributed by atoms with van der Waals surface area (Å²) in [6, 6.07) is 13.4. The van der Waals surface area contributed by atoms with Gasteiger partial charge >= 0.3 is 0 Å². The van der Waals surface area contributed by atoms with Gasteiger partial charge in [0.05, 0.1) is 0 Å². The molecule has 2 aromatic carbocycles. The molecule has 19 heavy (non-hydrogen) atoms. The van der Waals surface area contributed by atoms with Crippen LogP contribution in [0.1, 0.15) is 21.5 Å². The fraction of sp³-hybridized carbons (Fsp3) is 0.133. The Balaban J connectivity index is 2.15. The van der Waals surface area contributed by atoms with Gasteiger partial charge in [0.15, 0.2) is 0 Å². The van der Waals surface area contributed by atoms with Gasteiger partial charge in [0.2, 0.25) is 0 Å². The molecule has 0 aromatic heterocycles. The van der Waals surface area contributed by atoms with Gasteiger partial charge in [-0.05, 0) is 48.4 Å². The van der Waals surface area contributed by atoms with Gasteiger partial charge in [-0.2, -0.15) is 0 Å². The molecule has 0 aliphatic rings. The standard InChI is InChI=1S/C15H13Br2NO/c1-10-6-12(8-13(17)7-10)15(19)18-14-4-2-11(9-16)3-5-14/h2-8H,9H2,1H3,(H,18,19). The molecule has 0 spiro atoms. The maximum absolute atomic E-state index is 12.1. The Kier molecular flexibility index (Phi) is 4.77. The molecule has 0 aliphatic heterocycles. The van der Waals surface area contributed by atoms with Crippen molar-refractivity contribution in [2.24, 2.45) is 0 Å². The first-order valence-electron chi connectivity index (χ1n) is 5.82. The highest BCUT2D eigenvalue weighted by Crippen LogP contribution is 2.17. The highest BCUT2D eigenvalue weighted by Gasteiger charge is 2.07. The lowest BCUT2D eigenvalue weighted by molar-refractivity contribution is 0.102. The predicted octanol–water partition coefficient (Wildman–Crippen LogP) is 4.90.